The van der Waals surface area contributed by atoms with Crippen molar-refractivity contribution in [3.8, 4) is 5.69 Å². The zero-order valence-electron chi connectivity index (χ0n) is 11.2. The fraction of sp³-hybridized carbons (Fsp3) is 0.462. The van der Waals surface area contributed by atoms with E-state index in [2.05, 4.69) is 39.6 Å². The monoisotopic (exact) mass is 258 g/mol. The van der Waals surface area contributed by atoms with Crippen LogP contribution in [0.3, 0.4) is 0 Å². The molecule has 3 rings (SSSR count). The number of hydrogen-bond donors (Lipinski definition) is 1. The number of nitrogens with one attached hydrogen (secondary N) is 1. The van der Waals surface area contributed by atoms with Gasteiger partial charge in [-0.05, 0) is 36.4 Å². The van der Waals surface area contributed by atoms with Gasteiger partial charge in [0.2, 0.25) is 0 Å². The molecule has 1 aliphatic rings. The van der Waals surface area contributed by atoms with Gasteiger partial charge in [-0.15, -0.1) is 0 Å². The Labute approximate surface area is 112 Å². The lowest BCUT2D eigenvalue weighted by atomic mass is 10.1. The van der Waals surface area contributed by atoms with Gasteiger partial charge in [0.15, 0.2) is 0 Å². The van der Waals surface area contributed by atoms with E-state index in [1.807, 2.05) is 30.3 Å². The molecule has 0 saturated carbocycles. The normalized spacial score (nSPS) is 23.6. The van der Waals surface area contributed by atoms with Gasteiger partial charge in [-0.3, -0.25) is 0 Å². The Morgan fingerprint density at radius 1 is 1.21 bits per heavy atom. The lowest BCUT2D eigenvalue weighted by Crippen LogP contribution is -2.55. The molecule has 2 unspecified atom stereocenters. The van der Waals surface area contributed by atoms with Crippen molar-refractivity contribution in [2.75, 3.05) is 18.0 Å². The van der Waals surface area contributed by atoms with Crippen LogP contribution in [-0.2, 0) is 0 Å². The van der Waals surface area contributed by atoms with Gasteiger partial charge in [0, 0.05) is 25.2 Å². The van der Waals surface area contributed by atoms with Crippen molar-refractivity contribution in [2.24, 2.45) is 0 Å². The Kier molecular flexibility index (Phi) is 3.16. The minimum absolute atomic E-state index is 0.379. The molecule has 0 radical (unpaired) electrons. The molecule has 2 aromatic rings. The molecular weight excluding hydrogens is 240 g/mol. The minimum Gasteiger partial charge on any atom is -0.334 e. The van der Waals surface area contributed by atoms with Crippen LogP contribution in [0, 0.1) is 0 Å². The number of hydrogen-bond acceptors (Lipinski definition) is 5. The Hall–Kier alpha value is -1.95. The number of anilines is 1. The predicted molar refractivity (Wildman–Crippen MR) is 73.4 cm³/mol. The van der Waals surface area contributed by atoms with Crippen LogP contribution in [0.25, 0.3) is 5.69 Å². The first-order valence-electron chi connectivity index (χ1n) is 6.59. The Balaban J connectivity index is 1.96. The van der Waals surface area contributed by atoms with Crippen LogP contribution in [0.5, 0.6) is 0 Å². The number of benzene rings is 1. The first kappa shape index (κ1) is 12.1. The third kappa shape index (κ3) is 2.31. The summed E-state index contributed by atoms with van der Waals surface area (Å²) in [6, 6.07) is 10.8. The maximum absolute atomic E-state index is 4.20. The summed E-state index contributed by atoms with van der Waals surface area (Å²) < 4.78 is 1.80. The summed E-state index contributed by atoms with van der Waals surface area (Å²) in [5.41, 5.74) is 0.987. The van der Waals surface area contributed by atoms with Crippen LogP contribution in [0.4, 0.5) is 5.95 Å². The number of nitrogens with zero attached hydrogens (tertiary/aromatic N) is 5. The van der Waals surface area contributed by atoms with E-state index >= 15 is 0 Å². The standard InChI is InChI=1S/C13H18N6/c1-10-9-18(11(2)8-14-10)13-15-16-17-19(13)12-6-4-3-5-7-12/h3-7,10-11,14H,8-9H2,1-2H3. The topological polar surface area (TPSA) is 58.9 Å². The van der Waals surface area contributed by atoms with Crippen molar-refractivity contribution < 1.29 is 0 Å². The summed E-state index contributed by atoms with van der Waals surface area (Å²) in [7, 11) is 0. The Bertz CT molecular complexity index is 537. The zero-order valence-corrected chi connectivity index (χ0v) is 11.2. The maximum Gasteiger partial charge on any atom is 0.250 e. The summed E-state index contributed by atoms with van der Waals surface area (Å²) >= 11 is 0. The lowest BCUT2D eigenvalue weighted by Gasteiger charge is -2.37. The molecule has 2 heterocycles. The fourth-order valence-electron chi connectivity index (χ4n) is 2.40. The number of aromatic nitrogens is 4. The van der Waals surface area contributed by atoms with Crippen LogP contribution < -0.4 is 10.2 Å². The number of para-hydroxylation sites is 1. The van der Waals surface area contributed by atoms with Crippen molar-refractivity contribution in [1.29, 1.82) is 0 Å². The van der Waals surface area contributed by atoms with E-state index in [1.165, 1.54) is 0 Å². The van der Waals surface area contributed by atoms with Gasteiger partial charge >= 0.3 is 0 Å². The first-order chi connectivity index (χ1) is 9.25. The molecule has 1 saturated heterocycles. The second-order valence-electron chi connectivity index (χ2n) is 5.04. The number of tetrazole rings is 1. The summed E-state index contributed by atoms with van der Waals surface area (Å²) in [5, 5.41) is 15.6. The van der Waals surface area contributed by atoms with Crippen molar-refractivity contribution in [3.63, 3.8) is 0 Å². The van der Waals surface area contributed by atoms with Gasteiger partial charge in [-0.1, -0.05) is 23.3 Å². The second kappa shape index (κ2) is 4.97. The van der Waals surface area contributed by atoms with Crippen LogP contribution >= 0.6 is 0 Å². The van der Waals surface area contributed by atoms with Crippen molar-refractivity contribution in [3.05, 3.63) is 30.3 Å². The summed E-state index contributed by atoms with van der Waals surface area (Å²) in [4.78, 5) is 2.26. The first-order valence-corrected chi connectivity index (χ1v) is 6.59. The fourth-order valence-corrected chi connectivity index (χ4v) is 2.40. The van der Waals surface area contributed by atoms with E-state index in [-0.39, 0.29) is 0 Å². The van der Waals surface area contributed by atoms with Crippen molar-refractivity contribution in [1.82, 2.24) is 25.5 Å². The molecule has 1 aliphatic heterocycles. The van der Waals surface area contributed by atoms with Crippen molar-refractivity contribution >= 4 is 5.95 Å². The van der Waals surface area contributed by atoms with E-state index < -0.39 is 0 Å². The Morgan fingerprint density at radius 3 is 2.79 bits per heavy atom. The van der Waals surface area contributed by atoms with Gasteiger partial charge in [0.05, 0.1) is 5.69 Å². The third-order valence-corrected chi connectivity index (χ3v) is 3.48. The highest BCUT2D eigenvalue weighted by molar-refractivity contribution is 5.41. The quantitative estimate of drug-likeness (QED) is 0.865. The summed E-state index contributed by atoms with van der Waals surface area (Å²) in [5.74, 6) is 0.812. The molecule has 1 fully saturated rings. The molecule has 100 valence electrons. The van der Waals surface area contributed by atoms with Gasteiger partial charge in [-0.25, -0.2) is 0 Å². The van der Waals surface area contributed by atoms with Gasteiger partial charge in [0.25, 0.3) is 5.95 Å². The van der Waals surface area contributed by atoms with E-state index in [1.54, 1.807) is 4.68 Å². The number of rotatable bonds is 2. The largest absolute Gasteiger partial charge is 0.334 e. The van der Waals surface area contributed by atoms with Crippen LogP contribution in [0.15, 0.2) is 30.3 Å². The van der Waals surface area contributed by atoms with Gasteiger partial charge in [0.1, 0.15) is 0 Å². The molecule has 1 aromatic heterocycles. The molecule has 0 bridgehead atoms. The van der Waals surface area contributed by atoms with Gasteiger partial charge in [-0.2, -0.15) is 4.68 Å². The molecule has 0 aliphatic carbocycles. The summed E-state index contributed by atoms with van der Waals surface area (Å²) in [6.07, 6.45) is 0. The van der Waals surface area contributed by atoms with Crippen LogP contribution in [0.1, 0.15) is 13.8 Å². The average molecular weight is 258 g/mol. The molecule has 2 atom stereocenters. The minimum atomic E-state index is 0.379. The zero-order chi connectivity index (χ0) is 13.2. The lowest BCUT2D eigenvalue weighted by molar-refractivity contribution is 0.417. The number of piperazine rings is 1. The smallest absolute Gasteiger partial charge is 0.250 e. The van der Waals surface area contributed by atoms with Gasteiger partial charge < -0.3 is 10.2 Å². The molecule has 19 heavy (non-hydrogen) atoms. The highest BCUT2D eigenvalue weighted by Crippen LogP contribution is 2.19. The van der Waals surface area contributed by atoms with E-state index in [0.717, 1.165) is 24.7 Å². The van der Waals surface area contributed by atoms with E-state index in [0.29, 0.717) is 12.1 Å². The van der Waals surface area contributed by atoms with Crippen LogP contribution in [-0.4, -0.2) is 45.4 Å². The molecular formula is C13H18N6. The predicted octanol–water partition coefficient (Wildman–Crippen LogP) is 0.849. The SMILES string of the molecule is CC1CN(c2nnnn2-c2ccccc2)C(C)CN1. The highest BCUT2D eigenvalue weighted by Gasteiger charge is 2.27. The van der Waals surface area contributed by atoms with Crippen molar-refractivity contribution in [2.45, 2.75) is 25.9 Å². The maximum atomic E-state index is 4.20. The Morgan fingerprint density at radius 2 is 2.00 bits per heavy atom. The van der Waals surface area contributed by atoms with E-state index in [4.69, 9.17) is 0 Å². The molecule has 6 heteroatoms. The molecule has 1 N–H and O–H groups in total. The van der Waals surface area contributed by atoms with E-state index in [9.17, 15) is 0 Å². The molecule has 0 spiro atoms. The third-order valence-electron chi connectivity index (χ3n) is 3.48. The molecule has 6 nitrogen and oxygen atoms in total. The molecule has 0 amide bonds. The molecule has 1 aromatic carbocycles. The van der Waals surface area contributed by atoms with Crippen LogP contribution in [0.2, 0.25) is 0 Å². The highest BCUT2D eigenvalue weighted by atomic mass is 15.6. The summed E-state index contributed by atoms with van der Waals surface area (Å²) in [6.45, 7) is 6.22. The average Bonchev–Trinajstić information content (AvgIpc) is 2.91. The second-order valence-corrected chi connectivity index (χ2v) is 5.04.